The number of aromatic nitrogens is 1. The maximum Gasteiger partial charge on any atom is 0.167 e. The molecular weight excluding hydrogens is 320 g/mol. The van der Waals surface area contributed by atoms with Gasteiger partial charge in [0.2, 0.25) is 0 Å². The Labute approximate surface area is 138 Å². The van der Waals surface area contributed by atoms with Crippen molar-refractivity contribution in [3.63, 3.8) is 0 Å². The summed E-state index contributed by atoms with van der Waals surface area (Å²) >= 11 is 4.21. The largest absolute Gasteiger partial charge is 0.776 e. The van der Waals surface area contributed by atoms with Crippen molar-refractivity contribution in [1.82, 2.24) is 0 Å². The molecule has 0 bridgehead atoms. The second-order valence-corrected chi connectivity index (χ2v) is 8.86. The van der Waals surface area contributed by atoms with Crippen molar-refractivity contribution in [2.24, 2.45) is 17.8 Å². The van der Waals surface area contributed by atoms with Crippen LogP contribution in [0.15, 0.2) is 24.5 Å². The van der Waals surface area contributed by atoms with Crippen molar-refractivity contribution >= 4 is 18.6 Å². The monoisotopic (exact) mass is 347 g/mol. The third-order valence-corrected chi connectivity index (χ3v) is 4.89. The van der Waals surface area contributed by atoms with E-state index in [4.69, 9.17) is 4.52 Å². The first-order valence-electron chi connectivity index (χ1n) is 7.81. The summed E-state index contributed by atoms with van der Waals surface area (Å²) in [7, 11) is 0. The molecule has 0 aromatic carbocycles. The molecule has 1 heterocycles. The van der Waals surface area contributed by atoms with Crippen LogP contribution in [0.5, 0.6) is 0 Å². The normalized spacial score (nSPS) is 27.7. The van der Waals surface area contributed by atoms with Gasteiger partial charge in [0.05, 0.1) is 6.10 Å². The van der Waals surface area contributed by atoms with E-state index in [1.807, 2.05) is 24.5 Å². The topological polar surface area (TPSA) is 46.4 Å². The van der Waals surface area contributed by atoms with Gasteiger partial charge in [0.15, 0.2) is 19.2 Å². The molecule has 0 radical (unpaired) electrons. The fourth-order valence-electron chi connectivity index (χ4n) is 2.87. The van der Waals surface area contributed by atoms with Gasteiger partial charge in [-0.1, -0.05) is 27.2 Å². The second kappa shape index (κ2) is 9.07. The van der Waals surface area contributed by atoms with Crippen LogP contribution in [-0.2, 0) is 16.3 Å². The zero-order valence-corrected chi connectivity index (χ0v) is 15.5. The van der Waals surface area contributed by atoms with Crippen LogP contribution in [0, 0.1) is 24.7 Å². The van der Waals surface area contributed by atoms with Gasteiger partial charge >= 0.3 is 0 Å². The van der Waals surface area contributed by atoms with E-state index in [0.29, 0.717) is 11.8 Å². The molecule has 1 aliphatic rings. The van der Waals surface area contributed by atoms with Gasteiger partial charge in [-0.05, 0) is 54.9 Å². The van der Waals surface area contributed by atoms with Crippen LogP contribution >= 0.6 is 6.80 Å². The Balaban J connectivity index is 0.000000287. The summed E-state index contributed by atoms with van der Waals surface area (Å²) in [6, 6.07) is 4.06. The second-order valence-electron chi connectivity index (χ2n) is 6.48. The molecule has 2 rings (SSSR count). The van der Waals surface area contributed by atoms with Crippen LogP contribution in [0.3, 0.4) is 0 Å². The highest BCUT2D eigenvalue weighted by molar-refractivity contribution is 8.06. The Kier molecular flexibility index (Phi) is 8.12. The van der Waals surface area contributed by atoms with Crippen LogP contribution in [0.4, 0.5) is 4.20 Å². The summed E-state index contributed by atoms with van der Waals surface area (Å²) in [5.41, 5.74) is 1.29. The molecule has 1 fully saturated rings. The van der Waals surface area contributed by atoms with Gasteiger partial charge in [-0.15, -0.1) is 0 Å². The lowest BCUT2D eigenvalue weighted by atomic mass is 9.75. The molecule has 1 aromatic heterocycles. The molecule has 1 N–H and O–H groups in total. The highest BCUT2D eigenvalue weighted by Crippen LogP contribution is 2.46. The van der Waals surface area contributed by atoms with Crippen molar-refractivity contribution in [3.8, 4) is 0 Å². The Morgan fingerprint density at radius 2 is 1.95 bits per heavy atom. The maximum atomic E-state index is 12.9. The number of nitrogens with one attached hydrogen (secondary N) is 1. The fraction of sp³-hybridized carbons (Fsp3) is 0.688. The van der Waals surface area contributed by atoms with Gasteiger partial charge < -0.3 is 9.42 Å². The number of aromatic amines is 1. The Morgan fingerprint density at radius 3 is 2.36 bits per heavy atom. The molecule has 4 atom stereocenters. The van der Waals surface area contributed by atoms with Gasteiger partial charge in [-0.25, -0.2) is 9.18 Å². The van der Waals surface area contributed by atoms with Crippen molar-refractivity contribution in [2.45, 2.75) is 53.1 Å². The minimum absolute atomic E-state index is 0.262. The number of hydrogen-bond acceptors (Lipinski definition) is 3. The van der Waals surface area contributed by atoms with E-state index in [1.54, 1.807) is 0 Å². The summed E-state index contributed by atoms with van der Waals surface area (Å²) < 4.78 is 17.8. The van der Waals surface area contributed by atoms with E-state index in [1.165, 1.54) is 5.56 Å². The standard InChI is InChI=1S/C10H20FO2PS.C6H7N/c1-7(2)9-5-4-8(3)6-10(9)13-14(11,12)15;1-6-2-4-7-5-3-6/h7-10H,4-6H2,1-3H3,(H,12,15);2-5H,1H3/t8-,9+,10-,14?;/m1./s1. The van der Waals surface area contributed by atoms with Crippen molar-refractivity contribution in [3.05, 3.63) is 30.1 Å². The molecule has 1 unspecified atom stereocenters. The molecular formula is C16H27FNO2PS. The van der Waals surface area contributed by atoms with E-state index in [-0.39, 0.29) is 12.0 Å². The Morgan fingerprint density at radius 1 is 1.36 bits per heavy atom. The third-order valence-electron chi connectivity index (χ3n) is 4.11. The summed E-state index contributed by atoms with van der Waals surface area (Å²) in [6.07, 6.45) is 6.48. The van der Waals surface area contributed by atoms with E-state index in [2.05, 4.69) is 44.5 Å². The molecule has 1 aromatic rings. The smallest absolute Gasteiger partial charge is 0.167 e. The van der Waals surface area contributed by atoms with Crippen LogP contribution < -0.4 is 9.88 Å². The quantitative estimate of drug-likeness (QED) is 0.781. The average Bonchev–Trinajstić information content (AvgIpc) is 2.38. The number of halogens is 1. The zero-order valence-electron chi connectivity index (χ0n) is 13.8. The molecule has 126 valence electrons. The number of pyridine rings is 1. The number of aryl methyl sites for hydroxylation is 1. The third kappa shape index (κ3) is 7.77. The van der Waals surface area contributed by atoms with Gasteiger partial charge in [0.25, 0.3) is 0 Å². The minimum atomic E-state index is -4.25. The lowest BCUT2D eigenvalue weighted by Gasteiger charge is -2.39. The van der Waals surface area contributed by atoms with E-state index < -0.39 is 6.80 Å². The molecule has 1 saturated carbocycles. The van der Waals surface area contributed by atoms with Gasteiger partial charge in [0, 0.05) is 12.1 Å². The first-order valence-corrected chi connectivity index (χ1v) is 10.3. The molecule has 0 spiro atoms. The van der Waals surface area contributed by atoms with Crippen LogP contribution in [0.2, 0.25) is 0 Å². The summed E-state index contributed by atoms with van der Waals surface area (Å²) in [6.45, 7) is 4.09. The molecule has 6 heteroatoms. The molecule has 22 heavy (non-hydrogen) atoms. The zero-order chi connectivity index (χ0) is 16.8. The molecule has 3 nitrogen and oxygen atoms in total. The first-order chi connectivity index (χ1) is 10.2. The number of hydrogen-bond donors (Lipinski definition) is 0. The maximum absolute atomic E-state index is 12.9. The van der Waals surface area contributed by atoms with Crippen molar-refractivity contribution in [2.75, 3.05) is 0 Å². The van der Waals surface area contributed by atoms with Crippen LogP contribution in [0.25, 0.3) is 0 Å². The van der Waals surface area contributed by atoms with Crippen LogP contribution in [0.1, 0.15) is 45.6 Å². The molecule has 0 saturated heterocycles. The Bertz CT molecular complexity index is 480. The summed E-state index contributed by atoms with van der Waals surface area (Å²) in [4.78, 5) is 13.8. The molecule has 0 amide bonds. The number of rotatable bonds is 3. The average molecular weight is 347 g/mol. The van der Waals surface area contributed by atoms with Crippen molar-refractivity contribution < 1.29 is 18.6 Å². The van der Waals surface area contributed by atoms with E-state index in [9.17, 15) is 9.09 Å². The van der Waals surface area contributed by atoms with E-state index in [0.717, 1.165) is 19.3 Å². The van der Waals surface area contributed by atoms with Gasteiger partial charge in [-0.3, -0.25) is 0 Å². The lowest BCUT2D eigenvalue weighted by Crippen LogP contribution is -2.34. The fourth-order valence-corrected chi connectivity index (χ4v) is 3.77. The first kappa shape index (κ1) is 19.7. The van der Waals surface area contributed by atoms with Gasteiger partial charge in [-0.2, -0.15) is 0 Å². The Hall–Kier alpha value is -0.350. The van der Waals surface area contributed by atoms with Gasteiger partial charge in [0.1, 0.15) is 0 Å². The highest BCUT2D eigenvalue weighted by Gasteiger charge is 2.32. The van der Waals surface area contributed by atoms with Crippen molar-refractivity contribution in [1.29, 1.82) is 0 Å². The van der Waals surface area contributed by atoms with Crippen LogP contribution in [-0.4, -0.2) is 6.10 Å². The summed E-state index contributed by atoms with van der Waals surface area (Å²) in [5.74, 6) is 1.21. The van der Waals surface area contributed by atoms with E-state index >= 15 is 0 Å². The SMILES string of the molecule is CC(C)[C@@H]1CC[C@@H](C)C[C@H]1OP([O-])(F)=S.Cc1cc[nH+]cc1. The minimum Gasteiger partial charge on any atom is -0.776 e. The predicted molar refractivity (Wildman–Crippen MR) is 89.3 cm³/mol. The highest BCUT2D eigenvalue weighted by atomic mass is 32.5. The number of H-pyrrole nitrogens is 1. The molecule has 1 aliphatic carbocycles. The predicted octanol–water partition coefficient (Wildman–Crippen LogP) is 3.83. The summed E-state index contributed by atoms with van der Waals surface area (Å²) in [5, 5.41) is 0. The molecule has 0 aliphatic heterocycles. The lowest BCUT2D eigenvalue weighted by molar-refractivity contribution is -0.378.